The highest BCUT2D eigenvalue weighted by molar-refractivity contribution is 6.41. The number of halogens is 2. The van der Waals surface area contributed by atoms with Gasteiger partial charge in [-0.15, -0.1) is 0 Å². The first-order valence-corrected chi connectivity index (χ1v) is 10.3. The van der Waals surface area contributed by atoms with Crippen LogP contribution in [0.4, 0.5) is 11.6 Å². The zero-order valence-corrected chi connectivity index (χ0v) is 18.0. The van der Waals surface area contributed by atoms with Crippen LogP contribution >= 0.6 is 23.2 Å². The lowest BCUT2D eigenvalue weighted by Gasteiger charge is -2.55. The van der Waals surface area contributed by atoms with Gasteiger partial charge in [0.1, 0.15) is 28.7 Å². The van der Waals surface area contributed by atoms with E-state index >= 15 is 0 Å². The molecule has 9 heteroatoms. The van der Waals surface area contributed by atoms with Gasteiger partial charge in [-0.2, -0.15) is 0 Å². The van der Waals surface area contributed by atoms with Crippen molar-refractivity contribution in [1.82, 2.24) is 9.97 Å². The van der Waals surface area contributed by atoms with Crippen molar-refractivity contribution in [3.8, 4) is 22.8 Å². The number of benzene rings is 1. The summed E-state index contributed by atoms with van der Waals surface area (Å²) in [6.45, 7) is 2.38. The Labute approximate surface area is 183 Å². The number of aromatic nitrogens is 2. The number of nitrogen functional groups attached to an aromatic ring is 1. The number of rotatable bonds is 4. The smallest absolute Gasteiger partial charge is 0.141 e. The molecule has 0 aliphatic carbocycles. The third-order valence-corrected chi connectivity index (χ3v) is 6.52. The van der Waals surface area contributed by atoms with Crippen LogP contribution in [0.5, 0.6) is 11.5 Å². The molecule has 0 unspecified atom stereocenters. The Bertz CT molecular complexity index is 1130. The molecule has 2 fully saturated rings. The third kappa shape index (κ3) is 2.92. The number of anilines is 2. The molecule has 2 aromatic heterocycles. The summed E-state index contributed by atoms with van der Waals surface area (Å²) in [5.74, 6) is 2.15. The van der Waals surface area contributed by atoms with Gasteiger partial charge < -0.3 is 24.8 Å². The second-order valence-corrected chi connectivity index (χ2v) is 8.34. The molecule has 30 heavy (non-hydrogen) atoms. The number of nitrogens with zero attached hydrogens (tertiary/aromatic N) is 3. The predicted octanol–water partition coefficient (Wildman–Crippen LogP) is 4.18. The van der Waals surface area contributed by atoms with Crippen LogP contribution in [0, 0.1) is 0 Å². The first-order chi connectivity index (χ1) is 14.4. The second-order valence-electron chi connectivity index (χ2n) is 7.58. The standard InChI is InChI=1S/C21H20Cl2N4O3/c1-28-14-7-15(29-2)19(23)17(18(14)22)13-5-11-8-25-16(24)6-12(11)20(26-13)27-9-21(10-27)3-4-30-21/h5-8H,3-4,9-10H2,1-2H3,(H2,24,25). The number of hydrogen-bond donors (Lipinski definition) is 1. The van der Waals surface area contributed by atoms with E-state index in [9.17, 15) is 0 Å². The summed E-state index contributed by atoms with van der Waals surface area (Å²) in [6, 6.07) is 5.39. The number of ether oxygens (including phenoxy) is 3. The number of nitrogens with two attached hydrogens (primary N) is 1. The molecule has 1 aromatic carbocycles. The van der Waals surface area contributed by atoms with E-state index < -0.39 is 0 Å². The van der Waals surface area contributed by atoms with Crippen molar-refractivity contribution in [3.63, 3.8) is 0 Å². The van der Waals surface area contributed by atoms with Crippen molar-refractivity contribution >= 4 is 45.6 Å². The van der Waals surface area contributed by atoms with Gasteiger partial charge in [0.2, 0.25) is 0 Å². The molecule has 0 amide bonds. The first kappa shape index (κ1) is 19.5. The zero-order valence-electron chi connectivity index (χ0n) is 16.5. The summed E-state index contributed by atoms with van der Waals surface area (Å²) in [5, 5.41) is 2.54. The van der Waals surface area contributed by atoms with E-state index in [2.05, 4.69) is 9.88 Å². The highest BCUT2D eigenvalue weighted by atomic mass is 35.5. The SMILES string of the molecule is COc1cc(OC)c(Cl)c(-c2cc3cnc(N)cc3c(N3CC4(CCO4)C3)n2)c1Cl. The van der Waals surface area contributed by atoms with Crippen LogP contribution in [0.15, 0.2) is 24.4 Å². The third-order valence-electron chi connectivity index (χ3n) is 5.77. The van der Waals surface area contributed by atoms with Crippen LogP contribution in [0.2, 0.25) is 10.0 Å². The highest BCUT2D eigenvalue weighted by Crippen LogP contribution is 2.47. The number of pyridine rings is 2. The van der Waals surface area contributed by atoms with Gasteiger partial charge in [0.25, 0.3) is 0 Å². The van der Waals surface area contributed by atoms with E-state index in [-0.39, 0.29) is 5.60 Å². The normalized spacial score (nSPS) is 17.0. The molecule has 3 aromatic rings. The van der Waals surface area contributed by atoms with Gasteiger partial charge in [-0.25, -0.2) is 9.97 Å². The number of hydrogen-bond acceptors (Lipinski definition) is 7. The molecule has 156 valence electrons. The molecule has 4 heterocycles. The Balaban J connectivity index is 1.70. The molecule has 2 aliphatic rings. The summed E-state index contributed by atoms with van der Waals surface area (Å²) in [4.78, 5) is 11.4. The van der Waals surface area contributed by atoms with E-state index in [1.807, 2.05) is 12.1 Å². The summed E-state index contributed by atoms with van der Waals surface area (Å²) >= 11 is 13.3. The van der Waals surface area contributed by atoms with E-state index in [1.54, 1.807) is 26.5 Å². The quantitative estimate of drug-likeness (QED) is 0.643. The Morgan fingerprint density at radius 1 is 1.10 bits per heavy atom. The lowest BCUT2D eigenvalue weighted by molar-refractivity contribution is -0.161. The van der Waals surface area contributed by atoms with E-state index in [0.717, 1.165) is 42.7 Å². The largest absolute Gasteiger partial charge is 0.495 e. The van der Waals surface area contributed by atoms with Crippen LogP contribution in [0.1, 0.15) is 6.42 Å². The average Bonchev–Trinajstić information content (AvgIpc) is 2.66. The highest BCUT2D eigenvalue weighted by Gasteiger charge is 2.50. The Morgan fingerprint density at radius 3 is 2.33 bits per heavy atom. The molecule has 2 saturated heterocycles. The average molecular weight is 447 g/mol. The first-order valence-electron chi connectivity index (χ1n) is 9.50. The summed E-state index contributed by atoms with van der Waals surface area (Å²) < 4.78 is 16.6. The number of fused-ring (bicyclic) bond motifs is 1. The van der Waals surface area contributed by atoms with Gasteiger partial charge in [0.05, 0.1) is 49.7 Å². The van der Waals surface area contributed by atoms with Crippen LogP contribution in [-0.4, -0.2) is 49.5 Å². The Hall–Kier alpha value is -2.48. The topological polar surface area (TPSA) is 82.7 Å². The van der Waals surface area contributed by atoms with Crippen LogP contribution in [0.3, 0.4) is 0 Å². The molecule has 2 N–H and O–H groups in total. The van der Waals surface area contributed by atoms with Crippen molar-refractivity contribution in [2.75, 3.05) is 44.5 Å². The van der Waals surface area contributed by atoms with Gasteiger partial charge in [0.15, 0.2) is 0 Å². The van der Waals surface area contributed by atoms with E-state index in [0.29, 0.717) is 38.6 Å². The summed E-state index contributed by atoms with van der Waals surface area (Å²) in [5.41, 5.74) is 7.06. The van der Waals surface area contributed by atoms with Crippen molar-refractivity contribution in [1.29, 1.82) is 0 Å². The molecule has 0 radical (unpaired) electrons. The van der Waals surface area contributed by atoms with Crippen molar-refractivity contribution in [3.05, 3.63) is 34.4 Å². The molecule has 0 bridgehead atoms. The molecule has 0 atom stereocenters. The Kier molecular flexibility index (Phi) is 4.57. The van der Waals surface area contributed by atoms with Gasteiger partial charge in [-0.3, -0.25) is 0 Å². The van der Waals surface area contributed by atoms with E-state index in [4.69, 9.17) is 48.1 Å². The second kappa shape index (κ2) is 7.04. The fourth-order valence-corrected chi connectivity index (χ4v) is 4.76. The van der Waals surface area contributed by atoms with Crippen molar-refractivity contribution in [2.24, 2.45) is 0 Å². The monoisotopic (exact) mass is 446 g/mol. The van der Waals surface area contributed by atoms with Gasteiger partial charge in [-0.1, -0.05) is 23.2 Å². The van der Waals surface area contributed by atoms with Crippen LogP contribution in [0.25, 0.3) is 22.0 Å². The summed E-state index contributed by atoms with van der Waals surface area (Å²) in [6.07, 6.45) is 2.80. The maximum atomic E-state index is 6.64. The molecular weight excluding hydrogens is 427 g/mol. The van der Waals surface area contributed by atoms with Crippen molar-refractivity contribution < 1.29 is 14.2 Å². The predicted molar refractivity (Wildman–Crippen MR) is 118 cm³/mol. The van der Waals surface area contributed by atoms with E-state index in [1.165, 1.54) is 0 Å². The molecule has 0 saturated carbocycles. The van der Waals surface area contributed by atoms with Crippen LogP contribution < -0.4 is 20.1 Å². The van der Waals surface area contributed by atoms with Gasteiger partial charge in [0, 0.05) is 35.0 Å². The Morgan fingerprint density at radius 2 is 1.77 bits per heavy atom. The van der Waals surface area contributed by atoms with Gasteiger partial charge >= 0.3 is 0 Å². The fraction of sp³-hybridized carbons (Fsp3) is 0.333. The number of methoxy groups -OCH3 is 2. The molecule has 5 rings (SSSR count). The maximum Gasteiger partial charge on any atom is 0.141 e. The minimum Gasteiger partial charge on any atom is -0.495 e. The maximum absolute atomic E-state index is 6.64. The van der Waals surface area contributed by atoms with Gasteiger partial charge in [-0.05, 0) is 12.1 Å². The van der Waals surface area contributed by atoms with Crippen LogP contribution in [-0.2, 0) is 4.74 Å². The minimum atomic E-state index is -0.0446. The fourth-order valence-electron chi connectivity index (χ4n) is 4.06. The molecule has 7 nitrogen and oxygen atoms in total. The molecule has 1 spiro atoms. The minimum absolute atomic E-state index is 0.0446. The molecule has 2 aliphatic heterocycles. The van der Waals surface area contributed by atoms with Crippen molar-refractivity contribution in [2.45, 2.75) is 12.0 Å². The zero-order chi connectivity index (χ0) is 21.0. The lowest BCUT2D eigenvalue weighted by atomic mass is 9.86. The summed E-state index contributed by atoms with van der Waals surface area (Å²) in [7, 11) is 3.09. The molecular formula is C21H20Cl2N4O3. The lowest BCUT2D eigenvalue weighted by Crippen LogP contribution is -2.68.